The van der Waals surface area contributed by atoms with Gasteiger partial charge in [-0.2, -0.15) is 5.26 Å². The first-order valence-corrected chi connectivity index (χ1v) is 7.23. The van der Waals surface area contributed by atoms with Crippen LogP contribution in [0.1, 0.15) is 35.3 Å². The molecule has 2 fully saturated rings. The molecule has 1 aromatic rings. The van der Waals surface area contributed by atoms with E-state index in [0.29, 0.717) is 23.1 Å². The van der Waals surface area contributed by atoms with Gasteiger partial charge in [-0.1, -0.05) is 0 Å². The summed E-state index contributed by atoms with van der Waals surface area (Å²) in [6, 6.07) is 3.64. The summed E-state index contributed by atoms with van der Waals surface area (Å²) >= 11 is 0. The molecule has 0 saturated carbocycles. The number of likely N-dealkylation sites (tertiary alicyclic amines) is 1. The number of H-pyrrole nitrogens is 1. The molecule has 0 aromatic carbocycles. The topological polar surface area (TPSA) is 69.1 Å². The average molecular weight is 273 g/mol. The number of amides is 1. The Morgan fingerprint density at radius 3 is 2.85 bits per heavy atom. The molecule has 1 unspecified atom stereocenters. The maximum atomic E-state index is 12.4. The van der Waals surface area contributed by atoms with E-state index in [1.165, 1.54) is 0 Å². The number of nitrogens with one attached hydrogen (secondary N) is 1. The molecule has 0 aliphatic carbocycles. The molecule has 0 bridgehead atoms. The van der Waals surface area contributed by atoms with Crippen LogP contribution in [0.3, 0.4) is 0 Å². The van der Waals surface area contributed by atoms with E-state index >= 15 is 0 Å². The number of hydrogen-bond donors (Lipinski definition) is 1. The number of carbonyl (C=O) groups is 1. The Morgan fingerprint density at radius 1 is 1.35 bits per heavy atom. The molecular formula is C15H19N3O2. The summed E-state index contributed by atoms with van der Waals surface area (Å²) in [6.07, 6.45) is 4.96. The zero-order valence-corrected chi connectivity index (χ0v) is 11.5. The summed E-state index contributed by atoms with van der Waals surface area (Å²) in [6.45, 7) is 3.39. The van der Waals surface area contributed by atoms with E-state index in [-0.39, 0.29) is 5.91 Å². The summed E-state index contributed by atoms with van der Waals surface area (Å²) in [4.78, 5) is 17.1. The van der Waals surface area contributed by atoms with Crippen LogP contribution in [-0.2, 0) is 4.74 Å². The van der Waals surface area contributed by atoms with Crippen molar-refractivity contribution >= 4 is 5.91 Å². The summed E-state index contributed by atoms with van der Waals surface area (Å²) in [5.74, 6) is 1.34. The third-order valence-electron chi connectivity index (χ3n) is 4.49. The maximum absolute atomic E-state index is 12.4. The Balaban J connectivity index is 1.61. The molecule has 0 spiro atoms. The van der Waals surface area contributed by atoms with E-state index in [2.05, 4.69) is 4.98 Å². The van der Waals surface area contributed by atoms with Crippen molar-refractivity contribution in [1.29, 1.82) is 5.26 Å². The molecule has 3 rings (SSSR count). The molecule has 20 heavy (non-hydrogen) atoms. The Hall–Kier alpha value is -1.80. The van der Waals surface area contributed by atoms with Crippen LogP contribution in [-0.4, -0.2) is 42.1 Å². The number of nitriles is 1. The van der Waals surface area contributed by atoms with Crippen molar-refractivity contribution < 1.29 is 9.53 Å². The number of rotatable bonds is 2. The summed E-state index contributed by atoms with van der Waals surface area (Å²) in [5, 5.41) is 8.79. The minimum atomic E-state index is 0.0392. The highest BCUT2D eigenvalue weighted by atomic mass is 16.5. The number of ether oxygens (including phenoxy) is 1. The van der Waals surface area contributed by atoms with Crippen molar-refractivity contribution in [2.75, 3.05) is 26.3 Å². The van der Waals surface area contributed by atoms with Gasteiger partial charge >= 0.3 is 0 Å². The van der Waals surface area contributed by atoms with Crippen molar-refractivity contribution in [3.63, 3.8) is 0 Å². The van der Waals surface area contributed by atoms with Gasteiger partial charge < -0.3 is 14.6 Å². The fraction of sp³-hybridized carbons (Fsp3) is 0.600. The molecule has 3 heterocycles. The van der Waals surface area contributed by atoms with Gasteiger partial charge in [-0.25, -0.2) is 0 Å². The molecular weight excluding hydrogens is 254 g/mol. The van der Waals surface area contributed by atoms with Crippen LogP contribution in [0.4, 0.5) is 0 Å². The maximum Gasteiger partial charge on any atom is 0.255 e. The Labute approximate surface area is 118 Å². The van der Waals surface area contributed by atoms with Crippen LogP contribution in [0, 0.1) is 23.2 Å². The zero-order valence-electron chi connectivity index (χ0n) is 11.5. The highest BCUT2D eigenvalue weighted by Crippen LogP contribution is 2.31. The second kappa shape index (κ2) is 5.68. The Kier molecular flexibility index (Phi) is 3.75. The highest BCUT2D eigenvalue weighted by molar-refractivity contribution is 5.94. The van der Waals surface area contributed by atoms with Crippen LogP contribution < -0.4 is 0 Å². The van der Waals surface area contributed by atoms with Gasteiger partial charge in [0.25, 0.3) is 5.91 Å². The van der Waals surface area contributed by atoms with E-state index in [9.17, 15) is 4.79 Å². The largest absolute Gasteiger partial charge is 0.381 e. The van der Waals surface area contributed by atoms with E-state index in [1.807, 2.05) is 11.0 Å². The molecule has 2 saturated heterocycles. The third kappa shape index (κ3) is 2.56. The van der Waals surface area contributed by atoms with Crippen LogP contribution in [0.5, 0.6) is 0 Å². The first-order valence-electron chi connectivity index (χ1n) is 7.23. The molecule has 5 heteroatoms. The molecule has 5 nitrogen and oxygen atoms in total. The van der Waals surface area contributed by atoms with Gasteiger partial charge in [-0.3, -0.25) is 4.79 Å². The minimum Gasteiger partial charge on any atom is -0.381 e. The lowest BCUT2D eigenvalue weighted by molar-refractivity contribution is 0.0471. The average Bonchev–Trinajstić information content (AvgIpc) is 3.17. The first-order chi connectivity index (χ1) is 9.78. The van der Waals surface area contributed by atoms with Crippen molar-refractivity contribution in [2.24, 2.45) is 11.8 Å². The smallest absolute Gasteiger partial charge is 0.255 e. The van der Waals surface area contributed by atoms with Gasteiger partial charge in [0.2, 0.25) is 0 Å². The molecule has 1 amide bonds. The van der Waals surface area contributed by atoms with Crippen molar-refractivity contribution in [3.05, 3.63) is 23.5 Å². The van der Waals surface area contributed by atoms with Gasteiger partial charge in [-0.05, 0) is 37.2 Å². The molecule has 1 aromatic heterocycles. The van der Waals surface area contributed by atoms with Crippen LogP contribution in [0.2, 0.25) is 0 Å². The summed E-state index contributed by atoms with van der Waals surface area (Å²) < 4.78 is 5.40. The third-order valence-corrected chi connectivity index (χ3v) is 4.49. The highest BCUT2D eigenvalue weighted by Gasteiger charge is 2.33. The Bertz CT molecular complexity index is 525. The predicted molar refractivity (Wildman–Crippen MR) is 73.1 cm³/mol. The number of nitrogens with zero attached hydrogens (tertiary/aromatic N) is 2. The second-order valence-electron chi connectivity index (χ2n) is 5.66. The van der Waals surface area contributed by atoms with Gasteiger partial charge in [-0.15, -0.1) is 0 Å². The fourth-order valence-electron chi connectivity index (χ4n) is 3.31. The van der Waals surface area contributed by atoms with Gasteiger partial charge in [0.1, 0.15) is 11.8 Å². The number of aromatic amines is 1. The lowest BCUT2D eigenvalue weighted by atomic mass is 9.85. The molecule has 1 N–H and O–H groups in total. The molecule has 1 atom stereocenters. The molecule has 2 aliphatic heterocycles. The lowest BCUT2D eigenvalue weighted by Gasteiger charge is -2.27. The van der Waals surface area contributed by atoms with E-state index < -0.39 is 0 Å². The normalized spacial score (nSPS) is 23.8. The van der Waals surface area contributed by atoms with Crippen LogP contribution in [0.15, 0.2) is 12.3 Å². The standard InChI is InChI=1S/C15H19N3O2/c16-8-14-7-13(9-17-14)15(19)18-4-1-12(10-18)11-2-5-20-6-3-11/h7,9,11-12,17H,1-6,10H2. The van der Waals surface area contributed by atoms with E-state index in [4.69, 9.17) is 10.00 Å². The van der Waals surface area contributed by atoms with Gasteiger partial charge in [0.15, 0.2) is 0 Å². The predicted octanol–water partition coefficient (Wildman–Crippen LogP) is 1.78. The summed E-state index contributed by atoms with van der Waals surface area (Å²) in [7, 11) is 0. The number of aromatic nitrogens is 1. The van der Waals surface area contributed by atoms with Crippen molar-refractivity contribution in [1.82, 2.24) is 9.88 Å². The van der Waals surface area contributed by atoms with Crippen LogP contribution >= 0.6 is 0 Å². The second-order valence-corrected chi connectivity index (χ2v) is 5.66. The van der Waals surface area contributed by atoms with Gasteiger partial charge in [0.05, 0.1) is 5.56 Å². The minimum absolute atomic E-state index is 0.0392. The Morgan fingerprint density at radius 2 is 2.15 bits per heavy atom. The SMILES string of the molecule is N#Cc1cc(C(=O)N2CCC(C3CCOCC3)C2)c[nH]1. The lowest BCUT2D eigenvalue weighted by Crippen LogP contribution is -2.31. The van der Waals surface area contributed by atoms with Crippen molar-refractivity contribution in [2.45, 2.75) is 19.3 Å². The molecule has 106 valence electrons. The molecule has 0 radical (unpaired) electrons. The zero-order chi connectivity index (χ0) is 13.9. The van der Waals surface area contributed by atoms with E-state index in [0.717, 1.165) is 45.6 Å². The van der Waals surface area contributed by atoms with E-state index in [1.54, 1.807) is 12.3 Å². The quantitative estimate of drug-likeness (QED) is 0.893. The number of hydrogen-bond acceptors (Lipinski definition) is 3. The monoisotopic (exact) mass is 273 g/mol. The number of carbonyl (C=O) groups excluding carboxylic acids is 1. The first kappa shape index (κ1) is 13.2. The molecule has 2 aliphatic rings. The fourth-order valence-corrected chi connectivity index (χ4v) is 3.31. The summed E-state index contributed by atoms with van der Waals surface area (Å²) in [5.41, 5.74) is 1.03. The van der Waals surface area contributed by atoms with Gasteiger partial charge in [0, 0.05) is 32.5 Å². The van der Waals surface area contributed by atoms with Crippen molar-refractivity contribution in [3.8, 4) is 6.07 Å². The van der Waals surface area contributed by atoms with Crippen LogP contribution in [0.25, 0.3) is 0 Å².